The molecule has 0 N–H and O–H groups in total. The number of hydrogen-bond donors (Lipinski definition) is 0. The summed E-state index contributed by atoms with van der Waals surface area (Å²) in [5, 5.41) is 0. The molecule has 1 heterocycles. The average molecular weight is 358 g/mol. The van der Waals surface area contributed by atoms with Crippen LogP contribution in [0.4, 0.5) is 4.79 Å². The van der Waals surface area contributed by atoms with Crippen LogP contribution in [-0.4, -0.2) is 42.6 Å². The highest BCUT2D eigenvalue weighted by molar-refractivity contribution is 5.60. The molecule has 0 bridgehead atoms. The van der Waals surface area contributed by atoms with Crippen molar-refractivity contribution in [3.63, 3.8) is 0 Å². The van der Waals surface area contributed by atoms with E-state index in [2.05, 4.69) is 6.58 Å². The zero-order chi connectivity index (χ0) is 19.4. The van der Waals surface area contributed by atoms with E-state index in [1.807, 2.05) is 41.5 Å². The Hall–Kier alpha value is -1.11. The Morgan fingerprint density at radius 1 is 1.08 bits per heavy atom. The second-order valence-corrected chi connectivity index (χ2v) is 7.96. The van der Waals surface area contributed by atoms with Gasteiger partial charge in [0.1, 0.15) is 6.10 Å². The molecule has 0 aromatic carbocycles. The van der Waals surface area contributed by atoms with Crippen molar-refractivity contribution in [2.24, 2.45) is 5.92 Å². The van der Waals surface area contributed by atoms with Gasteiger partial charge in [-0.05, 0) is 66.4 Å². The van der Waals surface area contributed by atoms with Crippen molar-refractivity contribution in [2.45, 2.75) is 98.3 Å². The topological polar surface area (TPSA) is 66.5 Å². The summed E-state index contributed by atoms with van der Waals surface area (Å²) in [6.07, 6.45) is -1.27. The smallest absolute Gasteiger partial charge is 0.432 e. The highest BCUT2D eigenvalue weighted by Crippen LogP contribution is 2.32. The fourth-order valence-corrected chi connectivity index (χ4v) is 2.15. The first kappa shape index (κ1) is 21.9. The average Bonchev–Trinajstić information content (AvgIpc) is 3.12. The standard InChI is InChI=1S/C19H34O6/c1-11(2)21-18(20)23-15(6)13(4)10-12(3)14(5)22-16-17(24-16)25-19(7,8)9/h11,13-17H,3,10H2,1-2,4-9H3. The van der Waals surface area contributed by atoms with Crippen LogP contribution in [-0.2, 0) is 23.7 Å². The van der Waals surface area contributed by atoms with Gasteiger partial charge in [-0.25, -0.2) is 4.79 Å². The summed E-state index contributed by atoms with van der Waals surface area (Å²) in [5.74, 6) is 0.0972. The van der Waals surface area contributed by atoms with Crippen molar-refractivity contribution in [2.75, 3.05) is 0 Å². The Morgan fingerprint density at radius 3 is 2.20 bits per heavy atom. The monoisotopic (exact) mass is 358 g/mol. The van der Waals surface area contributed by atoms with Gasteiger partial charge in [0.2, 0.25) is 12.6 Å². The molecule has 6 nitrogen and oxygen atoms in total. The predicted octanol–water partition coefficient (Wildman–Crippen LogP) is 4.42. The first-order valence-corrected chi connectivity index (χ1v) is 8.92. The molecule has 146 valence electrons. The molecule has 0 aromatic heterocycles. The van der Waals surface area contributed by atoms with Crippen molar-refractivity contribution >= 4 is 6.16 Å². The summed E-state index contributed by atoms with van der Waals surface area (Å²) in [7, 11) is 0. The van der Waals surface area contributed by atoms with Crippen molar-refractivity contribution in [1.29, 1.82) is 0 Å². The van der Waals surface area contributed by atoms with Crippen molar-refractivity contribution in [1.82, 2.24) is 0 Å². The minimum atomic E-state index is -0.641. The van der Waals surface area contributed by atoms with Crippen molar-refractivity contribution in [3.8, 4) is 0 Å². The third kappa shape index (κ3) is 8.70. The zero-order valence-electron chi connectivity index (χ0n) is 16.8. The van der Waals surface area contributed by atoms with Crippen LogP contribution in [0.3, 0.4) is 0 Å². The summed E-state index contributed by atoms with van der Waals surface area (Å²) >= 11 is 0. The largest absolute Gasteiger partial charge is 0.508 e. The van der Waals surface area contributed by atoms with E-state index in [0.29, 0.717) is 6.42 Å². The van der Waals surface area contributed by atoms with Gasteiger partial charge < -0.3 is 23.7 Å². The summed E-state index contributed by atoms with van der Waals surface area (Å²) in [5.41, 5.74) is 0.653. The molecule has 0 saturated carbocycles. The highest BCUT2D eigenvalue weighted by atomic mass is 16.9. The third-order valence-electron chi connectivity index (χ3n) is 3.80. The van der Waals surface area contributed by atoms with Gasteiger partial charge in [0.15, 0.2) is 0 Å². The molecule has 0 spiro atoms. The number of ether oxygens (including phenoxy) is 5. The quantitative estimate of drug-likeness (QED) is 0.345. The van der Waals surface area contributed by atoms with Gasteiger partial charge in [-0.2, -0.15) is 0 Å². The Bertz CT molecular complexity index is 453. The molecule has 6 heteroatoms. The normalized spacial score (nSPS) is 23.7. The van der Waals surface area contributed by atoms with Gasteiger partial charge in [0, 0.05) is 0 Å². The molecule has 1 rings (SSSR count). The van der Waals surface area contributed by atoms with E-state index in [1.165, 1.54) is 0 Å². The lowest BCUT2D eigenvalue weighted by atomic mass is 9.95. The van der Waals surface area contributed by atoms with Crippen LogP contribution < -0.4 is 0 Å². The molecule has 0 radical (unpaired) electrons. The van der Waals surface area contributed by atoms with Crippen LogP contribution in [0.25, 0.3) is 0 Å². The van der Waals surface area contributed by atoms with Crippen molar-refractivity contribution < 1.29 is 28.5 Å². The molecule has 1 fully saturated rings. The Balaban J connectivity index is 2.33. The second-order valence-electron chi connectivity index (χ2n) is 7.96. The van der Waals surface area contributed by atoms with E-state index in [4.69, 9.17) is 23.7 Å². The fraction of sp³-hybridized carbons (Fsp3) is 0.842. The molecular weight excluding hydrogens is 324 g/mol. The van der Waals surface area contributed by atoms with Gasteiger partial charge in [-0.3, -0.25) is 0 Å². The van der Waals surface area contributed by atoms with Crippen LogP contribution in [0, 0.1) is 5.92 Å². The summed E-state index contributed by atoms with van der Waals surface area (Å²) in [4.78, 5) is 11.6. The third-order valence-corrected chi connectivity index (χ3v) is 3.80. The Kier molecular flexibility index (Phi) is 7.90. The van der Waals surface area contributed by atoms with Crippen LogP contribution in [0.15, 0.2) is 12.2 Å². The Labute approximate surface area is 151 Å². The molecule has 0 aliphatic carbocycles. The van der Waals surface area contributed by atoms with E-state index in [1.54, 1.807) is 13.8 Å². The van der Waals surface area contributed by atoms with E-state index < -0.39 is 6.16 Å². The summed E-state index contributed by atoms with van der Waals surface area (Å²) in [6, 6.07) is 0. The highest BCUT2D eigenvalue weighted by Gasteiger charge is 2.45. The molecule has 1 saturated heterocycles. The minimum Gasteiger partial charge on any atom is -0.432 e. The fourth-order valence-electron chi connectivity index (χ4n) is 2.15. The maximum atomic E-state index is 11.6. The first-order valence-electron chi connectivity index (χ1n) is 8.92. The number of rotatable bonds is 9. The molecule has 5 atom stereocenters. The van der Waals surface area contributed by atoms with Crippen LogP contribution in [0.5, 0.6) is 0 Å². The Morgan fingerprint density at radius 2 is 1.68 bits per heavy atom. The van der Waals surface area contributed by atoms with Crippen LogP contribution in [0.1, 0.15) is 61.8 Å². The second kappa shape index (κ2) is 9.01. The van der Waals surface area contributed by atoms with Gasteiger partial charge in [0.25, 0.3) is 0 Å². The van der Waals surface area contributed by atoms with E-state index in [-0.39, 0.29) is 42.4 Å². The number of epoxide rings is 1. The molecule has 5 unspecified atom stereocenters. The van der Waals surface area contributed by atoms with E-state index in [9.17, 15) is 4.79 Å². The van der Waals surface area contributed by atoms with E-state index >= 15 is 0 Å². The van der Waals surface area contributed by atoms with Gasteiger partial charge >= 0.3 is 6.16 Å². The summed E-state index contributed by atoms with van der Waals surface area (Å²) < 4.78 is 27.2. The lowest BCUT2D eigenvalue weighted by Gasteiger charge is -2.23. The molecule has 0 amide bonds. The summed E-state index contributed by atoms with van der Waals surface area (Å²) in [6.45, 7) is 19.4. The number of hydrogen-bond acceptors (Lipinski definition) is 6. The number of carbonyl (C=O) groups excluding carboxylic acids is 1. The van der Waals surface area contributed by atoms with Gasteiger partial charge in [-0.15, -0.1) is 0 Å². The van der Waals surface area contributed by atoms with Gasteiger partial charge in [0.05, 0.1) is 17.8 Å². The maximum Gasteiger partial charge on any atom is 0.508 e. The predicted molar refractivity (Wildman–Crippen MR) is 95.1 cm³/mol. The maximum absolute atomic E-state index is 11.6. The lowest BCUT2D eigenvalue weighted by molar-refractivity contribution is -0.0612. The SMILES string of the molecule is C=C(CC(C)C(C)OC(=O)OC(C)C)C(C)OC1OC1OC(C)(C)C. The minimum absolute atomic E-state index is 0.0972. The number of carbonyl (C=O) groups is 1. The lowest BCUT2D eigenvalue weighted by Crippen LogP contribution is -2.26. The molecule has 1 aliphatic heterocycles. The molecular formula is C19H34O6. The molecule has 1 aliphatic rings. The van der Waals surface area contributed by atoms with Crippen LogP contribution in [0.2, 0.25) is 0 Å². The van der Waals surface area contributed by atoms with Crippen LogP contribution >= 0.6 is 0 Å². The zero-order valence-corrected chi connectivity index (χ0v) is 16.8. The molecule has 25 heavy (non-hydrogen) atoms. The first-order chi connectivity index (χ1) is 11.4. The van der Waals surface area contributed by atoms with E-state index in [0.717, 1.165) is 5.57 Å². The molecule has 0 aromatic rings. The van der Waals surface area contributed by atoms with Crippen molar-refractivity contribution in [3.05, 3.63) is 12.2 Å². The van der Waals surface area contributed by atoms with Gasteiger partial charge in [-0.1, -0.05) is 13.5 Å².